The molecule has 2 aliphatic rings. The first-order valence-corrected chi connectivity index (χ1v) is 38.5. The van der Waals surface area contributed by atoms with Gasteiger partial charge in [-0.05, 0) is 115 Å². The summed E-state index contributed by atoms with van der Waals surface area (Å²) in [5, 5.41) is 22.6. The van der Waals surface area contributed by atoms with E-state index in [-0.39, 0.29) is 69.9 Å². The molecule has 0 spiro atoms. The van der Waals surface area contributed by atoms with Crippen LogP contribution in [0.5, 0.6) is 11.5 Å². The molecule has 2 N–H and O–H groups in total. The van der Waals surface area contributed by atoms with Gasteiger partial charge in [0.25, 0.3) is 0 Å². The van der Waals surface area contributed by atoms with Gasteiger partial charge in [-0.25, -0.2) is 9.97 Å². The minimum Gasteiger partial charge on any atom is -0.507 e. The number of aromatic nitrogens is 6. The van der Waals surface area contributed by atoms with Crippen LogP contribution in [-0.2, 0) is 58.4 Å². The van der Waals surface area contributed by atoms with E-state index in [0.29, 0.717) is 22.8 Å². The Balaban J connectivity index is 0.000000163. The third-order valence-electron chi connectivity index (χ3n) is 23.3. The quantitative estimate of drug-likeness (QED) is 0.112. The van der Waals surface area contributed by atoms with Crippen molar-refractivity contribution in [3.63, 3.8) is 0 Å². The van der Waals surface area contributed by atoms with Crippen molar-refractivity contribution in [2.75, 3.05) is 0 Å². The van der Waals surface area contributed by atoms with Crippen molar-refractivity contribution in [1.82, 2.24) is 29.1 Å². The Morgan fingerprint density at radius 2 is 0.643 bits per heavy atom. The summed E-state index contributed by atoms with van der Waals surface area (Å²) in [5.74, 6) is 1.66. The zero-order valence-corrected chi connectivity index (χ0v) is 68.7. The topological polar surface area (TPSA) is 102 Å². The molecule has 2 aliphatic carbocycles. The Bertz CT molecular complexity index is 6750. The van der Waals surface area contributed by atoms with Crippen molar-refractivity contribution in [2.45, 2.75) is 57.8 Å². The molecule has 0 bridgehead atoms. The van der Waals surface area contributed by atoms with Crippen LogP contribution in [0.4, 0.5) is 0 Å². The van der Waals surface area contributed by atoms with Crippen molar-refractivity contribution in [2.24, 2.45) is 0 Å². The first kappa shape index (κ1) is 75.0. The number of para-hydroxylation sites is 6. The molecule has 14 aromatic carbocycles. The zero-order chi connectivity index (χ0) is 76.7. The monoisotopic (exact) mass is 1840 g/mol. The van der Waals surface area contributed by atoms with Crippen LogP contribution < -0.4 is 0 Å². The fraction of sp³-hybridized carbons (Fsp3) is 0.0857. The summed E-state index contributed by atoms with van der Waals surface area (Å²) in [5.41, 5.74) is 32.4. The number of benzene rings is 14. The SMILES string of the molecule is CC(C)(c1ccccc1)c1cc(-c2cc3c(cn2)C(C)(C)c2ccccc2-3)[c-]c(-c2cccc3c2nc(-c2ccccc2O)n3-c2ccccc2-c2ccccc2)c1.CC1(C)c2ccccc2-c2cc(-c3[c-]c(-c4cccc5c4nc(-c4ccccc4O)n5-c4ccccc4-c4ccccc4)cc(-c4ccccc4)c3)ncc21.[Pt].[Pt]. The van der Waals surface area contributed by atoms with Gasteiger partial charge in [-0.15, -0.1) is 53.1 Å². The molecule has 18 aromatic rings. The molecule has 0 atom stereocenters. The maximum atomic E-state index is 11.3. The number of aromatic hydroxyl groups is 2. The van der Waals surface area contributed by atoms with Gasteiger partial charge in [-0.3, -0.25) is 19.1 Å². The van der Waals surface area contributed by atoms with Gasteiger partial charge >= 0.3 is 0 Å². The molecule has 0 aliphatic heterocycles. The van der Waals surface area contributed by atoms with Gasteiger partial charge in [0.1, 0.15) is 23.1 Å². The minimum absolute atomic E-state index is 0. The summed E-state index contributed by atoms with van der Waals surface area (Å²) < 4.78 is 4.37. The van der Waals surface area contributed by atoms with Gasteiger partial charge in [0.15, 0.2) is 0 Å². The number of imidazole rings is 2. The van der Waals surface area contributed by atoms with E-state index in [4.69, 9.17) is 19.9 Å². The summed E-state index contributed by atoms with van der Waals surface area (Å²) in [6.45, 7) is 13.7. The average molecular weight is 1850 g/mol. The standard InChI is InChI=1S/C54H42N3O.C51H36N3O.2Pt/c1-53(2,38-20-9-6-10-21-38)39-31-36(30-37(32-39)47-33-44-42-23-11-14-26-45(42)54(3,4)46(44)34-55-47)41-25-17-28-49-51(41)56-52(43-24-13-16-29-50(43)58)57(49)48-27-15-12-22-40(48)35-18-7-5-8-19-35;1-51(2)43-24-12-9-21-40(43)42-31-45(52-32-44(42)51)37-29-35(33-16-5-3-6-17-33)28-36(30-37)39-23-15-26-47-49(39)53-50(41-22-11-14-27-48(41)55)54(47)46-25-13-10-20-38(46)34-18-7-4-8-19-34;;/h5-29,31-34,58H,1-4H3;3-29,31-32,55H,1-2H3;;/q2*-1;;. The third kappa shape index (κ3) is 13.2. The summed E-state index contributed by atoms with van der Waals surface area (Å²) in [6, 6.07) is 125. The second-order valence-corrected chi connectivity index (χ2v) is 31.0. The Hall–Kier alpha value is -12.7. The van der Waals surface area contributed by atoms with Crippen molar-refractivity contribution >= 4 is 22.1 Å². The van der Waals surface area contributed by atoms with Crippen LogP contribution in [0.25, 0.3) is 157 Å². The predicted molar refractivity (Wildman–Crippen MR) is 461 cm³/mol. The Morgan fingerprint density at radius 1 is 0.296 bits per heavy atom. The maximum Gasteiger partial charge on any atom is 0.148 e. The van der Waals surface area contributed by atoms with Crippen molar-refractivity contribution < 1.29 is 52.3 Å². The van der Waals surface area contributed by atoms with Crippen molar-refractivity contribution in [3.8, 4) is 146 Å². The van der Waals surface area contributed by atoms with E-state index >= 15 is 0 Å². The Kier molecular flexibility index (Phi) is 19.8. The molecular formula is C105H78N6O2Pt2-2. The van der Waals surface area contributed by atoms with Gasteiger partial charge in [-0.2, -0.15) is 0 Å². The van der Waals surface area contributed by atoms with Gasteiger partial charge in [0.2, 0.25) is 0 Å². The smallest absolute Gasteiger partial charge is 0.148 e. The molecule has 4 aromatic heterocycles. The van der Waals surface area contributed by atoms with E-state index in [1.165, 1.54) is 50.1 Å². The number of rotatable bonds is 13. The number of hydrogen-bond donors (Lipinski definition) is 2. The molecule has 10 heteroatoms. The van der Waals surface area contributed by atoms with E-state index in [0.717, 1.165) is 117 Å². The predicted octanol–water partition coefficient (Wildman–Crippen LogP) is 25.8. The fourth-order valence-corrected chi connectivity index (χ4v) is 17.2. The Labute approximate surface area is 699 Å². The molecule has 20 rings (SSSR count). The number of pyridine rings is 2. The van der Waals surface area contributed by atoms with Crippen LogP contribution in [0.2, 0.25) is 0 Å². The van der Waals surface area contributed by atoms with Gasteiger partial charge in [-0.1, -0.05) is 336 Å². The first-order valence-electron chi connectivity index (χ1n) is 38.5. The summed E-state index contributed by atoms with van der Waals surface area (Å²) >= 11 is 0. The van der Waals surface area contributed by atoms with E-state index in [9.17, 15) is 10.2 Å². The summed E-state index contributed by atoms with van der Waals surface area (Å²) in [7, 11) is 0. The van der Waals surface area contributed by atoms with E-state index in [1.807, 2.05) is 54.6 Å². The molecule has 8 nitrogen and oxygen atoms in total. The summed E-state index contributed by atoms with van der Waals surface area (Å²) in [6.07, 6.45) is 4.12. The number of phenols is 2. The maximum absolute atomic E-state index is 11.3. The number of fused-ring (bicyclic) bond motifs is 8. The van der Waals surface area contributed by atoms with Gasteiger partial charge in [0, 0.05) is 93.3 Å². The largest absolute Gasteiger partial charge is 0.507 e. The average Bonchev–Trinajstić information content (AvgIpc) is 1.61. The van der Waals surface area contributed by atoms with E-state index < -0.39 is 0 Å². The Morgan fingerprint density at radius 3 is 1.10 bits per heavy atom. The minimum atomic E-state index is -0.339. The van der Waals surface area contributed by atoms with Crippen LogP contribution in [0, 0.1) is 12.1 Å². The van der Waals surface area contributed by atoms with Crippen LogP contribution in [-0.4, -0.2) is 39.3 Å². The fourth-order valence-electron chi connectivity index (χ4n) is 17.2. The molecule has 0 radical (unpaired) electrons. The molecule has 0 fully saturated rings. The number of nitrogens with zero attached hydrogens (tertiary/aromatic N) is 6. The second-order valence-electron chi connectivity index (χ2n) is 31.0. The van der Waals surface area contributed by atoms with E-state index in [2.05, 4.69) is 348 Å². The molecule has 0 saturated heterocycles. The van der Waals surface area contributed by atoms with Gasteiger partial charge < -0.3 is 10.2 Å². The molecule has 0 saturated carbocycles. The summed E-state index contributed by atoms with van der Waals surface area (Å²) in [4.78, 5) is 21.1. The molecule has 4 heterocycles. The molecule has 0 unspecified atom stereocenters. The van der Waals surface area contributed by atoms with E-state index in [1.54, 1.807) is 12.1 Å². The van der Waals surface area contributed by atoms with Crippen molar-refractivity contribution in [3.05, 3.63) is 398 Å². The van der Waals surface area contributed by atoms with Crippen LogP contribution in [0.3, 0.4) is 0 Å². The first-order chi connectivity index (χ1) is 55.1. The zero-order valence-electron chi connectivity index (χ0n) is 64.2. The number of hydrogen-bond acceptors (Lipinski definition) is 6. The van der Waals surface area contributed by atoms with Crippen LogP contribution in [0.1, 0.15) is 74.9 Å². The number of phenolic OH excluding ortho intramolecular Hbond substituents is 2. The van der Waals surface area contributed by atoms with Crippen LogP contribution >= 0.6 is 0 Å². The molecule has 0 amide bonds. The molecule has 562 valence electrons. The molecular weight excluding hydrogens is 1770 g/mol. The van der Waals surface area contributed by atoms with Gasteiger partial charge in [0.05, 0.1) is 44.6 Å². The normalized spacial score (nSPS) is 12.7. The van der Waals surface area contributed by atoms with Crippen LogP contribution in [0.15, 0.2) is 352 Å². The third-order valence-corrected chi connectivity index (χ3v) is 23.3. The second kappa shape index (κ2) is 30.3. The van der Waals surface area contributed by atoms with Crippen molar-refractivity contribution in [1.29, 1.82) is 0 Å². The molecule has 115 heavy (non-hydrogen) atoms.